The van der Waals surface area contributed by atoms with Gasteiger partial charge >= 0.3 is 5.97 Å². The molecule has 0 aliphatic rings. The SMILES string of the molecule is COc1ccccc1Oc1nc(C)ccc1C(=O)O. The van der Waals surface area contributed by atoms with Crippen molar-refractivity contribution in [3.05, 3.63) is 47.7 Å². The van der Waals surface area contributed by atoms with Gasteiger partial charge in [-0.1, -0.05) is 12.1 Å². The van der Waals surface area contributed by atoms with Gasteiger partial charge < -0.3 is 14.6 Å². The lowest BCUT2D eigenvalue weighted by Crippen LogP contribution is -2.03. The molecule has 1 aromatic carbocycles. The van der Waals surface area contributed by atoms with Gasteiger partial charge in [-0.2, -0.15) is 0 Å². The second-order valence-corrected chi connectivity index (χ2v) is 3.86. The topological polar surface area (TPSA) is 68.7 Å². The molecule has 2 rings (SSSR count). The zero-order chi connectivity index (χ0) is 13.8. The monoisotopic (exact) mass is 259 g/mol. The van der Waals surface area contributed by atoms with Crippen LogP contribution in [-0.4, -0.2) is 23.2 Å². The van der Waals surface area contributed by atoms with Crippen molar-refractivity contribution < 1.29 is 19.4 Å². The van der Waals surface area contributed by atoms with Crippen LogP contribution in [0.1, 0.15) is 16.1 Å². The Morgan fingerprint density at radius 3 is 2.47 bits per heavy atom. The number of benzene rings is 1. The minimum atomic E-state index is -1.09. The van der Waals surface area contributed by atoms with Gasteiger partial charge in [0.25, 0.3) is 0 Å². The third-order valence-electron chi connectivity index (χ3n) is 2.51. The van der Waals surface area contributed by atoms with E-state index in [9.17, 15) is 4.79 Å². The fourth-order valence-electron chi connectivity index (χ4n) is 1.58. The molecule has 19 heavy (non-hydrogen) atoms. The van der Waals surface area contributed by atoms with Crippen molar-refractivity contribution in [1.82, 2.24) is 4.98 Å². The van der Waals surface area contributed by atoms with E-state index in [4.69, 9.17) is 14.6 Å². The molecule has 0 amide bonds. The lowest BCUT2D eigenvalue weighted by atomic mass is 10.2. The number of aromatic nitrogens is 1. The minimum Gasteiger partial charge on any atom is -0.493 e. The van der Waals surface area contributed by atoms with Gasteiger partial charge in [-0.25, -0.2) is 9.78 Å². The van der Waals surface area contributed by atoms with Gasteiger partial charge in [0, 0.05) is 5.69 Å². The molecule has 1 N–H and O–H groups in total. The summed E-state index contributed by atoms with van der Waals surface area (Å²) in [7, 11) is 1.52. The normalized spacial score (nSPS) is 10.0. The molecular formula is C14H13NO4. The Balaban J connectivity index is 2.42. The number of carboxylic acid groups (broad SMARTS) is 1. The van der Waals surface area contributed by atoms with Crippen molar-refractivity contribution in [2.45, 2.75) is 6.92 Å². The first-order valence-corrected chi connectivity index (χ1v) is 5.63. The Bertz CT molecular complexity index is 610. The van der Waals surface area contributed by atoms with Crippen LogP contribution in [0.25, 0.3) is 0 Å². The number of ether oxygens (including phenoxy) is 2. The predicted molar refractivity (Wildman–Crippen MR) is 69.0 cm³/mol. The highest BCUT2D eigenvalue weighted by Gasteiger charge is 2.15. The highest BCUT2D eigenvalue weighted by Crippen LogP contribution is 2.31. The van der Waals surface area contributed by atoms with E-state index in [1.54, 1.807) is 37.3 Å². The Morgan fingerprint density at radius 2 is 1.84 bits per heavy atom. The van der Waals surface area contributed by atoms with Crippen LogP contribution in [0.3, 0.4) is 0 Å². The van der Waals surface area contributed by atoms with Crippen LogP contribution in [0, 0.1) is 6.92 Å². The van der Waals surface area contributed by atoms with Crippen LogP contribution in [0.15, 0.2) is 36.4 Å². The van der Waals surface area contributed by atoms with Gasteiger partial charge in [-0.3, -0.25) is 0 Å². The molecule has 0 aliphatic carbocycles. The maximum atomic E-state index is 11.1. The van der Waals surface area contributed by atoms with Gasteiger partial charge in [0.05, 0.1) is 7.11 Å². The number of methoxy groups -OCH3 is 1. The number of aromatic carboxylic acids is 1. The number of carboxylic acids is 1. The van der Waals surface area contributed by atoms with E-state index in [-0.39, 0.29) is 11.4 Å². The van der Waals surface area contributed by atoms with Crippen LogP contribution < -0.4 is 9.47 Å². The number of nitrogens with zero attached hydrogens (tertiary/aromatic N) is 1. The summed E-state index contributed by atoms with van der Waals surface area (Å²) in [5, 5.41) is 9.11. The molecule has 98 valence electrons. The molecule has 0 bridgehead atoms. The number of rotatable bonds is 4. The number of pyridine rings is 1. The molecule has 5 nitrogen and oxygen atoms in total. The molecular weight excluding hydrogens is 246 g/mol. The smallest absolute Gasteiger partial charge is 0.341 e. The van der Waals surface area contributed by atoms with Crippen LogP contribution in [0.2, 0.25) is 0 Å². The second-order valence-electron chi connectivity index (χ2n) is 3.86. The van der Waals surface area contributed by atoms with Crippen molar-refractivity contribution in [3.63, 3.8) is 0 Å². The van der Waals surface area contributed by atoms with Crippen LogP contribution in [0.5, 0.6) is 17.4 Å². The van der Waals surface area contributed by atoms with Gasteiger partial charge in [0.2, 0.25) is 5.88 Å². The fraction of sp³-hybridized carbons (Fsp3) is 0.143. The average molecular weight is 259 g/mol. The van der Waals surface area contributed by atoms with Crippen LogP contribution in [0.4, 0.5) is 0 Å². The summed E-state index contributed by atoms with van der Waals surface area (Å²) in [5.41, 5.74) is 0.686. The Labute approximate surface area is 110 Å². The lowest BCUT2D eigenvalue weighted by Gasteiger charge is -2.11. The molecule has 5 heteroatoms. The summed E-state index contributed by atoms with van der Waals surface area (Å²) in [6, 6.07) is 10.1. The fourth-order valence-corrected chi connectivity index (χ4v) is 1.58. The molecule has 0 spiro atoms. The van der Waals surface area contributed by atoms with E-state index < -0.39 is 5.97 Å². The molecule has 0 radical (unpaired) electrons. The quantitative estimate of drug-likeness (QED) is 0.914. The van der Waals surface area contributed by atoms with Gasteiger partial charge in [0.1, 0.15) is 5.56 Å². The molecule has 0 unspecified atom stereocenters. The van der Waals surface area contributed by atoms with Crippen LogP contribution >= 0.6 is 0 Å². The lowest BCUT2D eigenvalue weighted by molar-refractivity contribution is 0.0693. The standard InChI is InChI=1S/C14H13NO4/c1-9-7-8-10(14(16)17)13(15-9)19-12-6-4-3-5-11(12)18-2/h3-8H,1-2H3,(H,16,17). The maximum absolute atomic E-state index is 11.1. The van der Waals surface area contributed by atoms with Crippen molar-refractivity contribution in [3.8, 4) is 17.4 Å². The number of aryl methyl sites for hydroxylation is 1. The molecule has 0 atom stereocenters. The highest BCUT2D eigenvalue weighted by atomic mass is 16.5. The minimum absolute atomic E-state index is 0.0107. The predicted octanol–water partition coefficient (Wildman–Crippen LogP) is 2.89. The van der Waals surface area contributed by atoms with Crippen LogP contribution in [-0.2, 0) is 0 Å². The first-order valence-electron chi connectivity index (χ1n) is 5.63. The maximum Gasteiger partial charge on any atom is 0.341 e. The first kappa shape index (κ1) is 12.9. The van der Waals surface area contributed by atoms with E-state index >= 15 is 0 Å². The average Bonchev–Trinajstić information content (AvgIpc) is 2.39. The van der Waals surface area contributed by atoms with E-state index in [1.807, 2.05) is 0 Å². The summed E-state index contributed by atoms with van der Waals surface area (Å²) >= 11 is 0. The Hall–Kier alpha value is -2.56. The van der Waals surface area contributed by atoms with Crippen molar-refractivity contribution >= 4 is 5.97 Å². The second kappa shape index (κ2) is 5.39. The summed E-state index contributed by atoms with van der Waals surface area (Å²) in [6.07, 6.45) is 0. The molecule has 0 saturated carbocycles. The molecule has 1 aromatic heterocycles. The molecule has 0 fully saturated rings. The summed E-state index contributed by atoms with van der Waals surface area (Å²) in [4.78, 5) is 15.2. The van der Waals surface area contributed by atoms with E-state index in [2.05, 4.69) is 4.98 Å². The zero-order valence-electron chi connectivity index (χ0n) is 10.6. The van der Waals surface area contributed by atoms with Gasteiger partial charge in [-0.05, 0) is 31.2 Å². The molecule has 0 saturated heterocycles. The summed E-state index contributed by atoms with van der Waals surface area (Å²) < 4.78 is 10.7. The molecule has 0 aliphatic heterocycles. The number of hydrogen-bond donors (Lipinski definition) is 1. The van der Waals surface area contributed by atoms with E-state index in [1.165, 1.54) is 13.2 Å². The Morgan fingerprint density at radius 1 is 1.16 bits per heavy atom. The summed E-state index contributed by atoms with van der Waals surface area (Å²) in [6.45, 7) is 1.76. The van der Waals surface area contributed by atoms with Crippen molar-refractivity contribution in [1.29, 1.82) is 0 Å². The van der Waals surface area contributed by atoms with E-state index in [0.717, 1.165) is 0 Å². The van der Waals surface area contributed by atoms with Crippen molar-refractivity contribution in [2.24, 2.45) is 0 Å². The third-order valence-corrected chi connectivity index (χ3v) is 2.51. The third kappa shape index (κ3) is 2.82. The largest absolute Gasteiger partial charge is 0.493 e. The number of hydrogen-bond acceptors (Lipinski definition) is 4. The molecule has 1 heterocycles. The highest BCUT2D eigenvalue weighted by molar-refractivity contribution is 5.90. The first-order chi connectivity index (χ1) is 9.11. The zero-order valence-corrected chi connectivity index (χ0v) is 10.6. The Kier molecular flexibility index (Phi) is 3.66. The van der Waals surface area contributed by atoms with Gasteiger partial charge in [-0.15, -0.1) is 0 Å². The van der Waals surface area contributed by atoms with E-state index in [0.29, 0.717) is 17.2 Å². The molecule has 2 aromatic rings. The van der Waals surface area contributed by atoms with Gasteiger partial charge in [0.15, 0.2) is 11.5 Å². The summed E-state index contributed by atoms with van der Waals surface area (Å²) in [5.74, 6) is -0.0952. The van der Waals surface area contributed by atoms with Crippen molar-refractivity contribution in [2.75, 3.05) is 7.11 Å². The number of carbonyl (C=O) groups is 1. The number of para-hydroxylation sites is 2.